The van der Waals surface area contributed by atoms with Gasteiger partial charge < -0.3 is 4.74 Å². The lowest BCUT2D eigenvalue weighted by Crippen LogP contribution is -2.46. The second kappa shape index (κ2) is 7.12. The van der Waals surface area contributed by atoms with E-state index < -0.39 is 22.0 Å². The quantitative estimate of drug-likeness (QED) is 0.779. The molecule has 0 fully saturated rings. The minimum atomic E-state index is -3.75. The smallest absolute Gasteiger partial charge is 0.275 e. The fourth-order valence-electron chi connectivity index (χ4n) is 1.78. The monoisotopic (exact) mass is 354 g/mol. The number of carbonyl (C=O) groups excluding carboxylic acids is 1. The Kier molecular flexibility index (Phi) is 5.40. The van der Waals surface area contributed by atoms with Crippen LogP contribution >= 0.6 is 11.3 Å². The van der Waals surface area contributed by atoms with Gasteiger partial charge in [-0.05, 0) is 49.4 Å². The molecule has 0 bridgehead atoms. The molecule has 0 spiro atoms. The van der Waals surface area contributed by atoms with Crippen LogP contribution in [0.1, 0.15) is 18.1 Å². The van der Waals surface area contributed by atoms with Crippen molar-refractivity contribution in [1.29, 1.82) is 0 Å². The number of rotatable bonds is 6. The molecular weight excluding hydrogens is 336 g/mol. The highest BCUT2D eigenvalue weighted by Gasteiger charge is 2.20. The minimum absolute atomic E-state index is 0.126. The van der Waals surface area contributed by atoms with Crippen LogP contribution in [0.15, 0.2) is 39.9 Å². The van der Waals surface area contributed by atoms with Gasteiger partial charge >= 0.3 is 0 Å². The van der Waals surface area contributed by atoms with E-state index in [2.05, 4.69) is 10.3 Å². The first-order valence-corrected chi connectivity index (χ1v) is 9.25. The van der Waals surface area contributed by atoms with Gasteiger partial charge in [0.15, 0.2) is 6.10 Å². The van der Waals surface area contributed by atoms with E-state index in [1.807, 2.05) is 26.0 Å². The van der Waals surface area contributed by atoms with Gasteiger partial charge in [-0.3, -0.25) is 10.2 Å². The highest BCUT2D eigenvalue weighted by Crippen LogP contribution is 2.21. The maximum atomic E-state index is 12.0. The zero-order valence-electron chi connectivity index (χ0n) is 13.0. The second-order valence-electron chi connectivity index (χ2n) is 4.98. The van der Waals surface area contributed by atoms with Crippen molar-refractivity contribution in [2.75, 3.05) is 0 Å². The molecule has 0 aliphatic rings. The van der Waals surface area contributed by atoms with Gasteiger partial charge in [-0.1, -0.05) is 18.2 Å². The van der Waals surface area contributed by atoms with Gasteiger partial charge in [-0.2, -0.15) is 0 Å². The fraction of sp³-hybridized carbons (Fsp3) is 0.267. The lowest BCUT2D eigenvalue weighted by Gasteiger charge is -2.17. The lowest BCUT2D eigenvalue weighted by molar-refractivity contribution is -0.127. The van der Waals surface area contributed by atoms with Crippen LogP contribution in [0.4, 0.5) is 0 Å². The first kappa shape index (κ1) is 17.5. The number of hydrogen-bond acceptors (Lipinski definition) is 5. The Balaban J connectivity index is 1.97. The van der Waals surface area contributed by atoms with E-state index in [4.69, 9.17) is 4.74 Å². The number of benzene rings is 1. The van der Waals surface area contributed by atoms with Crippen LogP contribution in [0.3, 0.4) is 0 Å². The summed E-state index contributed by atoms with van der Waals surface area (Å²) in [7, 11) is -3.75. The van der Waals surface area contributed by atoms with Crippen molar-refractivity contribution >= 4 is 27.3 Å². The molecule has 1 amide bonds. The number of amides is 1. The summed E-state index contributed by atoms with van der Waals surface area (Å²) in [6, 6.07) is 8.62. The summed E-state index contributed by atoms with van der Waals surface area (Å²) in [5.41, 5.74) is 4.16. The van der Waals surface area contributed by atoms with E-state index in [1.165, 1.54) is 6.07 Å². The van der Waals surface area contributed by atoms with Crippen molar-refractivity contribution in [3.8, 4) is 5.75 Å². The number of thiophene rings is 1. The van der Waals surface area contributed by atoms with Crippen molar-refractivity contribution in [3.63, 3.8) is 0 Å². The molecule has 0 saturated carbocycles. The van der Waals surface area contributed by atoms with Gasteiger partial charge in [0.2, 0.25) is 0 Å². The average molecular weight is 354 g/mol. The average Bonchev–Trinajstić information content (AvgIpc) is 3.04. The van der Waals surface area contributed by atoms with Gasteiger partial charge in [-0.25, -0.2) is 8.42 Å². The molecule has 1 unspecified atom stereocenters. The summed E-state index contributed by atoms with van der Waals surface area (Å²) < 4.78 is 29.6. The van der Waals surface area contributed by atoms with Crippen LogP contribution in [0.25, 0.3) is 0 Å². The number of nitrogens with one attached hydrogen (secondary N) is 2. The van der Waals surface area contributed by atoms with E-state index in [9.17, 15) is 13.2 Å². The van der Waals surface area contributed by atoms with E-state index in [-0.39, 0.29) is 4.21 Å². The maximum Gasteiger partial charge on any atom is 0.275 e. The normalized spacial score (nSPS) is 12.7. The Morgan fingerprint density at radius 2 is 1.96 bits per heavy atom. The third kappa shape index (κ3) is 4.31. The number of hydrazine groups is 1. The predicted molar refractivity (Wildman–Crippen MR) is 88.8 cm³/mol. The zero-order valence-corrected chi connectivity index (χ0v) is 14.6. The van der Waals surface area contributed by atoms with Crippen LogP contribution in [-0.4, -0.2) is 20.4 Å². The Morgan fingerprint density at radius 1 is 1.22 bits per heavy atom. The first-order chi connectivity index (χ1) is 10.8. The zero-order chi connectivity index (χ0) is 17.0. The fourth-order valence-corrected chi connectivity index (χ4v) is 3.62. The largest absolute Gasteiger partial charge is 0.481 e. The van der Waals surface area contributed by atoms with Gasteiger partial charge in [0, 0.05) is 0 Å². The molecular formula is C15H18N2O4S2. The summed E-state index contributed by atoms with van der Waals surface area (Å²) in [5, 5.41) is 1.64. The third-order valence-electron chi connectivity index (χ3n) is 3.30. The molecule has 0 aliphatic heterocycles. The van der Waals surface area contributed by atoms with Crippen LogP contribution in [0, 0.1) is 13.8 Å². The summed E-state index contributed by atoms with van der Waals surface area (Å²) in [4.78, 5) is 14.1. The van der Waals surface area contributed by atoms with E-state index in [0.717, 1.165) is 22.5 Å². The third-order valence-corrected chi connectivity index (χ3v) is 5.94. The lowest BCUT2D eigenvalue weighted by atomic mass is 10.1. The van der Waals surface area contributed by atoms with Crippen molar-refractivity contribution in [3.05, 3.63) is 46.8 Å². The summed E-state index contributed by atoms with van der Waals surface area (Å²) in [6.07, 6.45) is -0.846. The Morgan fingerprint density at radius 3 is 2.61 bits per heavy atom. The number of ether oxygens (including phenoxy) is 1. The molecule has 1 atom stereocenters. The van der Waals surface area contributed by atoms with Crippen molar-refractivity contribution < 1.29 is 17.9 Å². The van der Waals surface area contributed by atoms with Crippen LogP contribution in [-0.2, 0) is 14.8 Å². The summed E-state index contributed by atoms with van der Waals surface area (Å²) in [6.45, 7) is 5.40. The molecule has 2 N–H and O–H groups in total. The summed E-state index contributed by atoms with van der Waals surface area (Å²) >= 11 is 1.06. The van der Waals surface area contributed by atoms with Crippen LogP contribution in [0.5, 0.6) is 5.75 Å². The molecule has 23 heavy (non-hydrogen) atoms. The van der Waals surface area contributed by atoms with E-state index >= 15 is 0 Å². The molecule has 8 heteroatoms. The molecule has 0 aliphatic carbocycles. The molecule has 1 heterocycles. The Hall–Kier alpha value is -1.90. The molecule has 0 saturated heterocycles. The number of carbonyl (C=O) groups is 1. The summed E-state index contributed by atoms with van der Waals surface area (Å²) in [5.74, 6) is 0.0137. The SMILES string of the molecule is Cc1cccc(OC(C)C(=O)NNS(=O)(=O)c2cccs2)c1C. The second-order valence-corrected chi connectivity index (χ2v) is 7.84. The molecule has 0 radical (unpaired) electrons. The maximum absolute atomic E-state index is 12.0. The molecule has 6 nitrogen and oxygen atoms in total. The van der Waals surface area contributed by atoms with E-state index in [1.54, 1.807) is 24.4 Å². The van der Waals surface area contributed by atoms with Crippen molar-refractivity contribution in [1.82, 2.24) is 10.3 Å². The highest BCUT2D eigenvalue weighted by molar-refractivity contribution is 7.91. The van der Waals surface area contributed by atoms with Gasteiger partial charge in [0.05, 0.1) is 0 Å². The van der Waals surface area contributed by atoms with E-state index in [0.29, 0.717) is 5.75 Å². The Labute approximate surface area is 139 Å². The number of aryl methyl sites for hydroxylation is 1. The minimum Gasteiger partial charge on any atom is -0.481 e. The standard InChI is InChI=1S/C15H18N2O4S2/c1-10-6-4-7-13(11(10)2)21-12(3)15(18)16-17-23(19,20)14-8-5-9-22-14/h4-9,12,17H,1-3H3,(H,16,18). The number of hydrogen-bond donors (Lipinski definition) is 2. The molecule has 1 aromatic heterocycles. The first-order valence-electron chi connectivity index (χ1n) is 6.89. The van der Waals surface area contributed by atoms with Crippen molar-refractivity contribution in [2.45, 2.75) is 31.1 Å². The number of sulfonamides is 1. The molecule has 124 valence electrons. The molecule has 2 aromatic rings. The van der Waals surface area contributed by atoms with Gasteiger partial charge in [-0.15, -0.1) is 16.2 Å². The molecule has 2 rings (SSSR count). The topological polar surface area (TPSA) is 84.5 Å². The molecule has 1 aromatic carbocycles. The van der Waals surface area contributed by atoms with Crippen molar-refractivity contribution in [2.24, 2.45) is 0 Å². The highest BCUT2D eigenvalue weighted by atomic mass is 32.2. The van der Waals surface area contributed by atoms with Gasteiger partial charge in [0.1, 0.15) is 9.96 Å². The van der Waals surface area contributed by atoms with Gasteiger partial charge in [0.25, 0.3) is 15.9 Å². The Bertz CT molecular complexity index is 786. The van der Waals surface area contributed by atoms with Crippen LogP contribution < -0.4 is 15.0 Å². The predicted octanol–water partition coefficient (Wildman–Crippen LogP) is 2.14. The van der Waals surface area contributed by atoms with Crippen LogP contribution in [0.2, 0.25) is 0 Å².